The van der Waals surface area contributed by atoms with E-state index < -0.39 is 0 Å². The lowest BCUT2D eigenvalue weighted by molar-refractivity contribution is -0.101. The Labute approximate surface area is 117 Å². The summed E-state index contributed by atoms with van der Waals surface area (Å²) in [6.45, 7) is 5.19. The molecule has 1 saturated heterocycles. The minimum absolute atomic E-state index is 0.0257. The zero-order valence-corrected chi connectivity index (χ0v) is 11.7. The number of aromatic nitrogens is 1. The Morgan fingerprint density at radius 3 is 2.90 bits per heavy atom. The lowest BCUT2D eigenvalue weighted by Crippen LogP contribution is -2.54. The van der Waals surface area contributed by atoms with E-state index in [1.165, 1.54) is 0 Å². The fourth-order valence-electron chi connectivity index (χ4n) is 2.35. The highest BCUT2D eigenvalue weighted by molar-refractivity contribution is 5.96. The monoisotopic (exact) mass is 280 g/mol. The van der Waals surface area contributed by atoms with Gasteiger partial charge in [-0.25, -0.2) is 4.98 Å². The first kappa shape index (κ1) is 14.5. The molecule has 1 fully saturated rings. The Morgan fingerprint density at radius 2 is 2.35 bits per heavy atom. The van der Waals surface area contributed by atoms with E-state index in [0.717, 1.165) is 5.82 Å². The second-order valence-corrected chi connectivity index (χ2v) is 5.45. The van der Waals surface area contributed by atoms with Crippen LogP contribution < -0.4 is 10.6 Å². The van der Waals surface area contributed by atoms with Gasteiger partial charge in [-0.1, -0.05) is 5.16 Å². The maximum atomic E-state index is 9.30. The Balaban J connectivity index is 2.18. The molecule has 2 heterocycles. The van der Waals surface area contributed by atoms with Crippen LogP contribution in [0.5, 0.6) is 0 Å². The van der Waals surface area contributed by atoms with Crippen molar-refractivity contribution in [3.63, 3.8) is 0 Å². The molecule has 0 aliphatic carbocycles. The first-order valence-corrected chi connectivity index (χ1v) is 6.43. The van der Waals surface area contributed by atoms with Crippen molar-refractivity contribution in [2.75, 3.05) is 24.6 Å². The van der Waals surface area contributed by atoms with Gasteiger partial charge in [-0.2, -0.15) is 0 Å². The molecule has 0 bridgehead atoms. The first-order valence-electron chi connectivity index (χ1n) is 6.43. The number of amidine groups is 1. The van der Waals surface area contributed by atoms with Gasteiger partial charge in [-0.05, 0) is 26.0 Å². The highest BCUT2D eigenvalue weighted by atomic mass is 16.5. The number of nitrogens with zero attached hydrogens (tertiary/aromatic N) is 3. The predicted octanol–water partition coefficient (Wildman–Crippen LogP) is 0.152. The number of aliphatic hydroxyl groups excluding tert-OH is 1. The van der Waals surface area contributed by atoms with Gasteiger partial charge in [0, 0.05) is 24.8 Å². The van der Waals surface area contributed by atoms with Crippen molar-refractivity contribution in [3.8, 4) is 0 Å². The normalized spacial score (nSPS) is 22.9. The Hall–Kier alpha value is -1.86. The van der Waals surface area contributed by atoms with Crippen LogP contribution in [0.15, 0.2) is 23.5 Å². The van der Waals surface area contributed by atoms with Crippen LogP contribution in [0.4, 0.5) is 5.82 Å². The molecule has 1 aliphatic rings. The van der Waals surface area contributed by atoms with Crippen LogP contribution in [-0.2, 0) is 4.74 Å². The van der Waals surface area contributed by atoms with Gasteiger partial charge < -0.3 is 25.7 Å². The molecule has 0 radical (unpaired) electrons. The van der Waals surface area contributed by atoms with E-state index >= 15 is 0 Å². The highest BCUT2D eigenvalue weighted by Gasteiger charge is 2.33. The van der Waals surface area contributed by atoms with Crippen molar-refractivity contribution < 1.29 is 15.1 Å². The molecule has 1 atom stereocenters. The van der Waals surface area contributed by atoms with E-state index in [-0.39, 0.29) is 24.1 Å². The molecule has 20 heavy (non-hydrogen) atoms. The standard InChI is InChI=1S/C13H20N4O3/c1-13(2)8-17(6-10(7-18)20-13)11-4-3-9(5-15-11)12(14)16-19/h3-5,10,18-19H,6-8H2,1-2H3,(H2,14,16). The largest absolute Gasteiger partial charge is 0.409 e. The minimum atomic E-state index is -0.350. The van der Waals surface area contributed by atoms with Gasteiger partial charge in [-0.15, -0.1) is 0 Å². The number of hydrogen-bond acceptors (Lipinski definition) is 6. The third kappa shape index (κ3) is 3.17. The Morgan fingerprint density at radius 1 is 1.60 bits per heavy atom. The van der Waals surface area contributed by atoms with E-state index in [1.807, 2.05) is 19.9 Å². The molecule has 1 aromatic heterocycles. The van der Waals surface area contributed by atoms with Crippen molar-refractivity contribution >= 4 is 11.7 Å². The molecule has 110 valence electrons. The summed E-state index contributed by atoms with van der Waals surface area (Å²) in [5, 5.41) is 20.9. The molecule has 0 saturated carbocycles. The molecule has 2 rings (SSSR count). The smallest absolute Gasteiger partial charge is 0.171 e. The summed E-state index contributed by atoms with van der Waals surface area (Å²) in [5.41, 5.74) is 5.71. The summed E-state index contributed by atoms with van der Waals surface area (Å²) < 4.78 is 5.76. The molecule has 0 amide bonds. The SMILES string of the molecule is CC1(C)CN(c2ccc(/C(N)=N/O)cn2)CC(CO)O1. The van der Waals surface area contributed by atoms with Crippen molar-refractivity contribution in [2.24, 2.45) is 10.9 Å². The molecule has 0 aromatic carbocycles. The van der Waals surface area contributed by atoms with Gasteiger partial charge >= 0.3 is 0 Å². The van der Waals surface area contributed by atoms with Crippen LogP contribution in [0, 0.1) is 0 Å². The number of anilines is 1. The quantitative estimate of drug-likeness (QED) is 0.315. The van der Waals surface area contributed by atoms with Gasteiger partial charge in [0.15, 0.2) is 5.84 Å². The molecule has 7 heteroatoms. The fraction of sp³-hybridized carbons (Fsp3) is 0.538. The minimum Gasteiger partial charge on any atom is -0.409 e. The Kier molecular flexibility index (Phi) is 4.10. The van der Waals surface area contributed by atoms with Crippen molar-refractivity contribution in [2.45, 2.75) is 25.6 Å². The second-order valence-electron chi connectivity index (χ2n) is 5.45. The van der Waals surface area contributed by atoms with Gasteiger partial charge in [0.05, 0.1) is 18.3 Å². The van der Waals surface area contributed by atoms with Crippen LogP contribution >= 0.6 is 0 Å². The van der Waals surface area contributed by atoms with E-state index in [0.29, 0.717) is 18.7 Å². The van der Waals surface area contributed by atoms with Crippen LogP contribution in [0.3, 0.4) is 0 Å². The lowest BCUT2D eigenvalue weighted by atomic mass is 10.1. The molecule has 7 nitrogen and oxygen atoms in total. The molecular weight excluding hydrogens is 260 g/mol. The van der Waals surface area contributed by atoms with E-state index in [4.69, 9.17) is 15.7 Å². The summed E-state index contributed by atoms with van der Waals surface area (Å²) in [6.07, 6.45) is 1.32. The highest BCUT2D eigenvalue weighted by Crippen LogP contribution is 2.24. The average molecular weight is 280 g/mol. The number of rotatable bonds is 3. The first-order chi connectivity index (χ1) is 9.45. The summed E-state index contributed by atoms with van der Waals surface area (Å²) >= 11 is 0. The summed E-state index contributed by atoms with van der Waals surface area (Å²) in [4.78, 5) is 6.38. The third-order valence-electron chi connectivity index (χ3n) is 3.16. The van der Waals surface area contributed by atoms with E-state index in [9.17, 15) is 5.11 Å². The van der Waals surface area contributed by atoms with Crippen LogP contribution in [0.1, 0.15) is 19.4 Å². The van der Waals surface area contributed by atoms with Gasteiger partial charge in [0.25, 0.3) is 0 Å². The van der Waals surface area contributed by atoms with Gasteiger partial charge in [-0.3, -0.25) is 0 Å². The lowest BCUT2D eigenvalue weighted by Gasteiger charge is -2.42. The van der Waals surface area contributed by atoms with Crippen LogP contribution in [0.25, 0.3) is 0 Å². The van der Waals surface area contributed by atoms with Crippen molar-refractivity contribution in [1.82, 2.24) is 4.98 Å². The average Bonchev–Trinajstić information content (AvgIpc) is 2.44. The topological polar surface area (TPSA) is 104 Å². The number of nitrogens with two attached hydrogens (primary N) is 1. The van der Waals surface area contributed by atoms with Crippen molar-refractivity contribution in [3.05, 3.63) is 23.9 Å². The van der Waals surface area contributed by atoms with E-state index in [1.54, 1.807) is 12.3 Å². The maximum Gasteiger partial charge on any atom is 0.171 e. The van der Waals surface area contributed by atoms with Gasteiger partial charge in [0.2, 0.25) is 0 Å². The molecule has 1 aromatic rings. The molecule has 1 aliphatic heterocycles. The van der Waals surface area contributed by atoms with E-state index in [2.05, 4.69) is 15.0 Å². The number of pyridine rings is 1. The molecular formula is C13H20N4O3. The van der Waals surface area contributed by atoms with Crippen molar-refractivity contribution in [1.29, 1.82) is 0 Å². The number of oxime groups is 1. The number of morpholine rings is 1. The predicted molar refractivity (Wildman–Crippen MR) is 75.0 cm³/mol. The molecule has 1 unspecified atom stereocenters. The van der Waals surface area contributed by atoms with Crippen LogP contribution in [-0.4, -0.2) is 52.5 Å². The second kappa shape index (κ2) is 5.64. The maximum absolute atomic E-state index is 9.30. The molecule has 0 spiro atoms. The Bertz CT molecular complexity index is 487. The zero-order chi connectivity index (χ0) is 14.8. The number of ether oxygens (including phenoxy) is 1. The number of aliphatic hydroxyl groups is 1. The molecule has 4 N–H and O–H groups in total. The summed E-state index contributed by atoms with van der Waals surface area (Å²) in [6, 6.07) is 3.55. The zero-order valence-electron chi connectivity index (χ0n) is 11.7. The summed E-state index contributed by atoms with van der Waals surface area (Å²) in [7, 11) is 0. The van der Waals surface area contributed by atoms with Gasteiger partial charge in [0.1, 0.15) is 5.82 Å². The third-order valence-corrected chi connectivity index (χ3v) is 3.16. The van der Waals surface area contributed by atoms with Crippen LogP contribution in [0.2, 0.25) is 0 Å². The number of hydrogen-bond donors (Lipinski definition) is 3. The fourth-order valence-corrected chi connectivity index (χ4v) is 2.35. The summed E-state index contributed by atoms with van der Waals surface area (Å²) in [5.74, 6) is 0.800.